The van der Waals surface area contributed by atoms with Gasteiger partial charge in [0, 0.05) is 17.3 Å². The van der Waals surface area contributed by atoms with Gasteiger partial charge in [-0.3, -0.25) is 0 Å². The lowest BCUT2D eigenvalue weighted by Gasteiger charge is -2.10. The molecule has 0 aliphatic rings. The van der Waals surface area contributed by atoms with Crippen LogP contribution in [0.4, 0.5) is 5.69 Å². The first-order valence-corrected chi connectivity index (χ1v) is 8.34. The van der Waals surface area contributed by atoms with Crippen molar-refractivity contribution in [2.75, 3.05) is 12.8 Å². The smallest absolute Gasteiger partial charge is 0.182 e. The van der Waals surface area contributed by atoms with Crippen LogP contribution in [0, 0.1) is 0 Å². The average molecular weight is 346 g/mol. The van der Waals surface area contributed by atoms with Gasteiger partial charge in [-0.15, -0.1) is 0 Å². The Morgan fingerprint density at radius 2 is 1.81 bits per heavy atom. The maximum Gasteiger partial charge on any atom is 0.182 e. The molecule has 2 N–H and O–H groups in total. The van der Waals surface area contributed by atoms with E-state index < -0.39 is 9.84 Å². The number of halogens is 2. The monoisotopic (exact) mass is 345 g/mol. The molecule has 0 radical (unpaired) electrons. The number of hydrogen-bond acceptors (Lipinski definition) is 4. The molecule has 7 heteroatoms. The summed E-state index contributed by atoms with van der Waals surface area (Å²) in [6, 6.07) is 9.05. The third kappa shape index (κ3) is 3.61. The number of nitrogens with two attached hydrogens (primary N) is 1. The van der Waals surface area contributed by atoms with Gasteiger partial charge >= 0.3 is 0 Å². The van der Waals surface area contributed by atoms with Crippen LogP contribution in [-0.4, -0.2) is 15.5 Å². The minimum atomic E-state index is -3.56. The van der Waals surface area contributed by atoms with Gasteiger partial charge in [0.25, 0.3) is 0 Å². The normalized spacial score (nSPS) is 11.4. The van der Waals surface area contributed by atoms with Crippen molar-refractivity contribution in [2.45, 2.75) is 10.6 Å². The van der Waals surface area contributed by atoms with Crippen LogP contribution in [-0.2, 0) is 15.6 Å². The highest BCUT2D eigenvalue weighted by Crippen LogP contribution is 2.29. The van der Waals surface area contributed by atoms with Gasteiger partial charge in [-0.05, 0) is 24.3 Å². The second kappa shape index (κ2) is 6.13. The van der Waals surface area contributed by atoms with Crippen LogP contribution in [0.2, 0.25) is 10.0 Å². The molecule has 0 fully saturated rings. The van der Waals surface area contributed by atoms with Gasteiger partial charge in [0.05, 0.1) is 27.8 Å². The van der Waals surface area contributed by atoms with Crippen molar-refractivity contribution in [2.24, 2.45) is 0 Å². The highest BCUT2D eigenvalue weighted by molar-refractivity contribution is 7.90. The molecule has 0 amide bonds. The summed E-state index contributed by atoms with van der Waals surface area (Å²) in [5.74, 6) is 0.215. The summed E-state index contributed by atoms with van der Waals surface area (Å²) >= 11 is 11.7. The number of ether oxygens (including phenoxy) is 1. The molecule has 112 valence electrons. The lowest BCUT2D eigenvalue weighted by molar-refractivity contribution is 0.411. The van der Waals surface area contributed by atoms with Gasteiger partial charge in [-0.25, -0.2) is 8.42 Å². The van der Waals surface area contributed by atoms with Crippen LogP contribution >= 0.6 is 23.2 Å². The third-order valence-corrected chi connectivity index (χ3v) is 5.31. The predicted octanol–water partition coefficient (Wildman–Crippen LogP) is 3.56. The lowest BCUT2D eigenvalue weighted by atomic mass is 10.2. The number of benzene rings is 2. The van der Waals surface area contributed by atoms with Gasteiger partial charge < -0.3 is 10.5 Å². The Labute approximate surface area is 133 Å². The van der Waals surface area contributed by atoms with E-state index in [1.165, 1.54) is 25.3 Å². The van der Waals surface area contributed by atoms with Crippen molar-refractivity contribution in [1.29, 1.82) is 0 Å². The van der Waals surface area contributed by atoms with Crippen LogP contribution in [0.15, 0.2) is 41.3 Å². The van der Waals surface area contributed by atoms with Crippen LogP contribution in [0.1, 0.15) is 5.56 Å². The van der Waals surface area contributed by atoms with Crippen LogP contribution < -0.4 is 10.5 Å². The molecule has 0 bridgehead atoms. The molecule has 0 atom stereocenters. The van der Waals surface area contributed by atoms with Gasteiger partial charge in [0.1, 0.15) is 5.75 Å². The Bertz CT molecular complexity index is 776. The number of rotatable bonds is 4. The molecule has 0 aliphatic heterocycles. The molecule has 0 saturated heterocycles. The van der Waals surface area contributed by atoms with Gasteiger partial charge in [0.2, 0.25) is 0 Å². The van der Waals surface area contributed by atoms with E-state index in [1.807, 2.05) is 0 Å². The standard InChI is InChI=1S/C14H13Cl2NO3S/c1-20-14-6-10(17)3-2-9(14)8-21(18,19)11-4-5-12(15)13(16)7-11/h2-7H,8,17H2,1H3. The fourth-order valence-electron chi connectivity index (χ4n) is 1.84. The molecule has 21 heavy (non-hydrogen) atoms. The van der Waals surface area contributed by atoms with E-state index in [-0.39, 0.29) is 15.7 Å². The predicted molar refractivity (Wildman–Crippen MR) is 84.8 cm³/mol. The van der Waals surface area contributed by atoms with Crippen molar-refractivity contribution >= 4 is 38.7 Å². The summed E-state index contributed by atoms with van der Waals surface area (Å²) in [5, 5.41) is 0.502. The second-order valence-electron chi connectivity index (χ2n) is 4.41. The van der Waals surface area contributed by atoms with Crippen molar-refractivity contribution < 1.29 is 13.2 Å². The average Bonchev–Trinajstić information content (AvgIpc) is 2.43. The fraction of sp³-hybridized carbons (Fsp3) is 0.143. The second-order valence-corrected chi connectivity index (χ2v) is 7.21. The SMILES string of the molecule is COc1cc(N)ccc1CS(=O)(=O)c1ccc(Cl)c(Cl)c1. The van der Waals surface area contributed by atoms with E-state index in [2.05, 4.69) is 0 Å². The number of nitrogen functional groups attached to an aromatic ring is 1. The molecule has 0 spiro atoms. The Balaban J connectivity index is 2.39. The summed E-state index contributed by atoms with van der Waals surface area (Å²) in [6.07, 6.45) is 0. The fourth-order valence-corrected chi connectivity index (χ4v) is 3.59. The first-order valence-electron chi connectivity index (χ1n) is 5.93. The molecule has 0 aromatic heterocycles. The minimum absolute atomic E-state index is 0.107. The van der Waals surface area contributed by atoms with E-state index in [0.29, 0.717) is 22.0 Å². The topological polar surface area (TPSA) is 69.4 Å². The zero-order valence-electron chi connectivity index (χ0n) is 11.1. The van der Waals surface area contributed by atoms with Crippen LogP contribution in [0.5, 0.6) is 5.75 Å². The highest BCUT2D eigenvalue weighted by atomic mass is 35.5. The zero-order valence-corrected chi connectivity index (χ0v) is 13.5. The number of methoxy groups -OCH3 is 1. The molecule has 0 heterocycles. The Morgan fingerprint density at radius 3 is 2.43 bits per heavy atom. The van der Waals surface area contributed by atoms with Gasteiger partial charge in [0.15, 0.2) is 9.84 Å². The van der Waals surface area contributed by atoms with Crippen molar-refractivity contribution in [3.63, 3.8) is 0 Å². The molecule has 2 aromatic carbocycles. The first kappa shape index (κ1) is 15.9. The largest absolute Gasteiger partial charge is 0.496 e. The summed E-state index contributed by atoms with van der Waals surface area (Å²) < 4.78 is 30.0. The number of sulfone groups is 1. The summed E-state index contributed by atoms with van der Waals surface area (Å²) in [6.45, 7) is 0. The zero-order chi connectivity index (χ0) is 15.6. The number of anilines is 1. The van der Waals surface area contributed by atoms with Gasteiger partial charge in [-0.2, -0.15) is 0 Å². The first-order chi connectivity index (χ1) is 9.83. The van der Waals surface area contributed by atoms with E-state index >= 15 is 0 Å². The molecular formula is C14H13Cl2NO3S. The van der Waals surface area contributed by atoms with Gasteiger partial charge in [-0.1, -0.05) is 29.3 Å². The molecule has 4 nitrogen and oxygen atoms in total. The van der Waals surface area contributed by atoms with Crippen molar-refractivity contribution in [3.05, 3.63) is 52.0 Å². The maximum atomic E-state index is 12.4. The Kier molecular flexibility index (Phi) is 4.66. The lowest BCUT2D eigenvalue weighted by Crippen LogP contribution is -2.06. The number of hydrogen-bond donors (Lipinski definition) is 1. The van der Waals surface area contributed by atoms with Crippen LogP contribution in [0.25, 0.3) is 0 Å². The minimum Gasteiger partial charge on any atom is -0.496 e. The van der Waals surface area contributed by atoms with Crippen LogP contribution in [0.3, 0.4) is 0 Å². The molecule has 2 rings (SSSR count). The summed E-state index contributed by atoms with van der Waals surface area (Å²) in [7, 11) is -2.10. The van der Waals surface area contributed by atoms with E-state index in [0.717, 1.165) is 0 Å². The quantitative estimate of drug-likeness (QED) is 0.860. The van der Waals surface area contributed by atoms with E-state index in [9.17, 15) is 8.42 Å². The molecule has 0 saturated carbocycles. The van der Waals surface area contributed by atoms with Crippen molar-refractivity contribution in [3.8, 4) is 5.75 Å². The van der Waals surface area contributed by atoms with Crippen molar-refractivity contribution in [1.82, 2.24) is 0 Å². The van der Waals surface area contributed by atoms with E-state index in [4.69, 9.17) is 33.7 Å². The molecular weight excluding hydrogens is 333 g/mol. The summed E-state index contributed by atoms with van der Waals surface area (Å²) in [5.41, 5.74) is 6.68. The molecule has 0 unspecified atom stereocenters. The maximum absolute atomic E-state index is 12.4. The highest BCUT2D eigenvalue weighted by Gasteiger charge is 2.19. The third-order valence-electron chi connectivity index (χ3n) is 2.91. The Morgan fingerprint density at radius 1 is 1.10 bits per heavy atom. The molecule has 2 aromatic rings. The summed E-state index contributed by atoms with van der Waals surface area (Å²) in [4.78, 5) is 0.107. The van der Waals surface area contributed by atoms with E-state index in [1.54, 1.807) is 18.2 Å². The molecule has 0 aliphatic carbocycles. The Hall–Kier alpha value is -1.43.